The Balaban J connectivity index is 1.79. The number of rotatable bonds is 6. The highest BCUT2D eigenvalue weighted by molar-refractivity contribution is 8.00. The molecule has 2 atom stereocenters. The van der Waals surface area contributed by atoms with Crippen LogP contribution in [0.25, 0.3) is 0 Å². The number of nitrogens with one attached hydrogen (secondary N) is 1. The van der Waals surface area contributed by atoms with Gasteiger partial charge in [0, 0.05) is 16.2 Å². The van der Waals surface area contributed by atoms with Gasteiger partial charge in [-0.15, -0.1) is 11.8 Å². The van der Waals surface area contributed by atoms with Crippen LogP contribution in [-0.4, -0.2) is 18.3 Å². The third-order valence-electron chi connectivity index (χ3n) is 3.72. The smallest absolute Gasteiger partial charge is 0.0136 e. The topological polar surface area (TPSA) is 12.0 Å². The minimum Gasteiger partial charge on any atom is -0.317 e. The molecule has 2 heteroatoms. The van der Waals surface area contributed by atoms with E-state index in [0.29, 0.717) is 6.04 Å². The lowest BCUT2D eigenvalue weighted by Crippen LogP contribution is -2.27. The predicted octanol–water partition coefficient (Wildman–Crippen LogP) is 4.12. The molecule has 0 bridgehead atoms. The zero-order chi connectivity index (χ0) is 13.0. The van der Waals surface area contributed by atoms with Crippen molar-refractivity contribution in [3.63, 3.8) is 0 Å². The summed E-state index contributed by atoms with van der Waals surface area (Å²) in [5, 5.41) is 4.27. The second kappa shape index (κ2) is 6.63. The zero-order valence-corrected chi connectivity index (χ0v) is 12.6. The molecule has 0 saturated heterocycles. The first-order valence-corrected chi connectivity index (χ1v) is 7.99. The van der Waals surface area contributed by atoms with Crippen molar-refractivity contribution in [2.75, 3.05) is 7.05 Å². The molecule has 0 spiro atoms. The van der Waals surface area contributed by atoms with Gasteiger partial charge in [0.1, 0.15) is 0 Å². The molecule has 100 valence electrons. The average Bonchev–Trinajstić information content (AvgIpc) is 2.76. The first kappa shape index (κ1) is 14.0. The lowest BCUT2D eigenvalue weighted by molar-refractivity contribution is 0.411. The fourth-order valence-corrected chi connectivity index (χ4v) is 4.09. The average molecular weight is 263 g/mol. The van der Waals surface area contributed by atoms with Gasteiger partial charge in [0.2, 0.25) is 0 Å². The van der Waals surface area contributed by atoms with Gasteiger partial charge in [-0.25, -0.2) is 0 Å². The van der Waals surface area contributed by atoms with Crippen LogP contribution >= 0.6 is 11.8 Å². The van der Waals surface area contributed by atoms with Gasteiger partial charge >= 0.3 is 0 Å². The van der Waals surface area contributed by atoms with Gasteiger partial charge in [0.25, 0.3) is 0 Å². The molecule has 0 saturated carbocycles. The van der Waals surface area contributed by atoms with Gasteiger partial charge in [-0.3, -0.25) is 0 Å². The molecule has 0 aliphatic carbocycles. The van der Waals surface area contributed by atoms with Crippen molar-refractivity contribution in [2.45, 2.75) is 55.7 Å². The number of fused-ring (bicyclic) bond motifs is 1. The first-order valence-electron chi connectivity index (χ1n) is 7.11. The largest absolute Gasteiger partial charge is 0.317 e. The van der Waals surface area contributed by atoms with Crippen LogP contribution in [0.2, 0.25) is 0 Å². The molecule has 0 radical (unpaired) electrons. The Bertz CT molecular complexity index is 350. The molecule has 18 heavy (non-hydrogen) atoms. The monoisotopic (exact) mass is 263 g/mol. The van der Waals surface area contributed by atoms with Crippen LogP contribution in [0.15, 0.2) is 29.2 Å². The van der Waals surface area contributed by atoms with Crippen LogP contribution in [0.3, 0.4) is 0 Å². The van der Waals surface area contributed by atoms with E-state index in [2.05, 4.69) is 62.2 Å². The summed E-state index contributed by atoms with van der Waals surface area (Å²) in [7, 11) is 2.10. The van der Waals surface area contributed by atoms with E-state index in [4.69, 9.17) is 0 Å². The highest BCUT2D eigenvalue weighted by Gasteiger charge is 2.22. The lowest BCUT2D eigenvalue weighted by atomic mass is 9.98. The normalized spacial score (nSPS) is 20.1. The van der Waals surface area contributed by atoms with Gasteiger partial charge in [-0.1, -0.05) is 32.0 Å². The van der Waals surface area contributed by atoms with E-state index in [-0.39, 0.29) is 0 Å². The fraction of sp³-hybridized carbons (Fsp3) is 0.625. The summed E-state index contributed by atoms with van der Waals surface area (Å²) in [5.74, 6) is 0.788. The Labute approximate surface area is 116 Å². The van der Waals surface area contributed by atoms with E-state index in [9.17, 15) is 0 Å². The Hall–Kier alpha value is -0.470. The molecule has 2 unspecified atom stereocenters. The molecule has 2 rings (SSSR count). The summed E-state index contributed by atoms with van der Waals surface area (Å²) in [4.78, 5) is 1.51. The standard InChI is InChI=1S/C16H25NS/c1-12(2)10-14(17-3)8-9-15-11-13-6-4-5-7-16(13)18-15/h4-7,12,14-15,17H,8-11H2,1-3H3. The van der Waals surface area contributed by atoms with Gasteiger partial charge in [0.15, 0.2) is 0 Å². The number of hydrogen-bond acceptors (Lipinski definition) is 2. The fourth-order valence-electron chi connectivity index (χ4n) is 2.75. The molecule has 0 aromatic heterocycles. The van der Waals surface area contributed by atoms with E-state index in [0.717, 1.165) is 11.2 Å². The van der Waals surface area contributed by atoms with Crippen LogP contribution in [-0.2, 0) is 6.42 Å². The molecule has 1 N–H and O–H groups in total. The Morgan fingerprint density at radius 3 is 2.78 bits per heavy atom. The van der Waals surface area contributed by atoms with Gasteiger partial charge in [-0.2, -0.15) is 0 Å². The van der Waals surface area contributed by atoms with Crippen molar-refractivity contribution in [2.24, 2.45) is 5.92 Å². The summed E-state index contributed by atoms with van der Waals surface area (Å²) in [5.41, 5.74) is 1.55. The molecule has 0 amide bonds. The molecule has 1 aromatic carbocycles. The third-order valence-corrected chi connectivity index (χ3v) is 5.10. The summed E-state index contributed by atoms with van der Waals surface area (Å²) >= 11 is 2.08. The quantitative estimate of drug-likeness (QED) is 0.828. The summed E-state index contributed by atoms with van der Waals surface area (Å²) in [6.45, 7) is 4.62. The minimum atomic E-state index is 0.689. The van der Waals surface area contributed by atoms with Crippen LogP contribution in [0.1, 0.15) is 38.7 Å². The van der Waals surface area contributed by atoms with Crippen molar-refractivity contribution in [1.29, 1.82) is 0 Å². The second-order valence-electron chi connectivity index (χ2n) is 5.74. The zero-order valence-electron chi connectivity index (χ0n) is 11.8. The molecule has 1 aliphatic heterocycles. The summed E-state index contributed by atoms with van der Waals surface area (Å²) in [6, 6.07) is 9.56. The van der Waals surface area contributed by atoms with E-state index in [1.54, 1.807) is 5.56 Å². The molecule has 1 aliphatic rings. The Kier molecular flexibility index (Phi) is 5.13. The molecule has 0 fully saturated rings. The van der Waals surface area contributed by atoms with E-state index in [1.165, 1.54) is 30.6 Å². The van der Waals surface area contributed by atoms with Gasteiger partial charge < -0.3 is 5.32 Å². The molecular formula is C16H25NS. The number of thioether (sulfide) groups is 1. The molecular weight excluding hydrogens is 238 g/mol. The maximum Gasteiger partial charge on any atom is 0.0136 e. The maximum atomic E-state index is 3.47. The highest BCUT2D eigenvalue weighted by atomic mass is 32.2. The third kappa shape index (κ3) is 3.76. The second-order valence-corrected chi connectivity index (χ2v) is 7.09. The lowest BCUT2D eigenvalue weighted by Gasteiger charge is -2.19. The van der Waals surface area contributed by atoms with Crippen molar-refractivity contribution in [3.05, 3.63) is 29.8 Å². The Morgan fingerprint density at radius 1 is 1.33 bits per heavy atom. The highest BCUT2D eigenvalue weighted by Crippen LogP contribution is 2.39. The maximum absolute atomic E-state index is 3.47. The van der Waals surface area contributed by atoms with Crippen molar-refractivity contribution < 1.29 is 0 Å². The van der Waals surface area contributed by atoms with Crippen LogP contribution < -0.4 is 5.32 Å². The van der Waals surface area contributed by atoms with Crippen molar-refractivity contribution in [1.82, 2.24) is 5.32 Å². The van der Waals surface area contributed by atoms with Gasteiger partial charge in [0.05, 0.1) is 0 Å². The van der Waals surface area contributed by atoms with E-state index < -0.39 is 0 Å². The van der Waals surface area contributed by atoms with E-state index >= 15 is 0 Å². The molecule has 1 aromatic rings. The summed E-state index contributed by atoms with van der Waals surface area (Å²) in [6.07, 6.45) is 5.19. The van der Waals surface area contributed by atoms with Crippen LogP contribution in [0.4, 0.5) is 0 Å². The summed E-state index contributed by atoms with van der Waals surface area (Å²) < 4.78 is 0. The van der Waals surface area contributed by atoms with Crippen molar-refractivity contribution in [3.8, 4) is 0 Å². The minimum absolute atomic E-state index is 0.689. The first-order chi connectivity index (χ1) is 8.69. The SMILES string of the molecule is CNC(CCC1Cc2ccccc2S1)CC(C)C. The van der Waals surface area contributed by atoms with E-state index in [1.807, 2.05) is 0 Å². The number of hydrogen-bond donors (Lipinski definition) is 1. The number of benzene rings is 1. The molecule has 1 heterocycles. The van der Waals surface area contributed by atoms with Gasteiger partial charge in [-0.05, 0) is 50.3 Å². The molecule has 1 nitrogen and oxygen atoms in total. The van der Waals surface area contributed by atoms with Crippen LogP contribution in [0.5, 0.6) is 0 Å². The Morgan fingerprint density at radius 2 is 2.11 bits per heavy atom. The van der Waals surface area contributed by atoms with Crippen molar-refractivity contribution >= 4 is 11.8 Å². The predicted molar refractivity (Wildman–Crippen MR) is 81.3 cm³/mol. The van der Waals surface area contributed by atoms with Crippen LogP contribution in [0, 0.1) is 5.92 Å².